The molecule has 17 heavy (non-hydrogen) atoms. The van der Waals surface area contributed by atoms with Crippen LogP contribution in [0.2, 0.25) is 0 Å². The van der Waals surface area contributed by atoms with E-state index in [1.54, 1.807) is 12.4 Å². The van der Waals surface area contributed by atoms with Crippen LogP contribution in [0.15, 0.2) is 17.5 Å². The molecule has 0 aliphatic rings. The fraction of sp³-hybridized carbons (Fsp3) is 0.500. The zero-order chi connectivity index (χ0) is 12.8. The van der Waals surface area contributed by atoms with Crippen LogP contribution in [0.25, 0.3) is 0 Å². The summed E-state index contributed by atoms with van der Waals surface area (Å²) >= 11 is 2.16. The third kappa shape index (κ3) is 4.33. The van der Waals surface area contributed by atoms with Gasteiger partial charge in [0, 0.05) is 35.0 Å². The smallest absolute Gasteiger partial charge is 0.225 e. The fourth-order valence-corrected chi connectivity index (χ4v) is 1.61. The zero-order valence-electron chi connectivity index (χ0n) is 9.84. The van der Waals surface area contributed by atoms with Crippen molar-refractivity contribution in [2.75, 3.05) is 11.4 Å². The molecule has 0 amide bonds. The second kappa shape index (κ2) is 6.58. The number of halogens is 1. The van der Waals surface area contributed by atoms with E-state index >= 15 is 0 Å². The monoisotopic (exact) mass is 349 g/mol. The molecule has 0 saturated heterocycles. The number of rotatable bonds is 5. The SMILES string of the molecule is CC(C)N(CCC(N)=NO)c1ncc(I)cn1. The van der Waals surface area contributed by atoms with E-state index in [2.05, 4.69) is 37.7 Å². The van der Waals surface area contributed by atoms with Gasteiger partial charge in [-0.2, -0.15) is 0 Å². The molecule has 1 aromatic rings. The summed E-state index contributed by atoms with van der Waals surface area (Å²) in [7, 11) is 0. The van der Waals surface area contributed by atoms with Crippen LogP contribution in [-0.4, -0.2) is 33.6 Å². The molecule has 0 aliphatic carbocycles. The van der Waals surface area contributed by atoms with Crippen molar-refractivity contribution in [3.05, 3.63) is 16.0 Å². The maximum atomic E-state index is 8.51. The summed E-state index contributed by atoms with van der Waals surface area (Å²) in [4.78, 5) is 10.5. The van der Waals surface area contributed by atoms with Gasteiger partial charge in [0.1, 0.15) is 5.84 Å². The first-order valence-corrected chi connectivity index (χ1v) is 6.33. The van der Waals surface area contributed by atoms with Gasteiger partial charge in [-0.3, -0.25) is 0 Å². The van der Waals surface area contributed by atoms with Gasteiger partial charge in [0.2, 0.25) is 5.95 Å². The van der Waals surface area contributed by atoms with Crippen molar-refractivity contribution in [1.29, 1.82) is 0 Å². The van der Waals surface area contributed by atoms with Crippen molar-refractivity contribution in [3.8, 4) is 0 Å². The van der Waals surface area contributed by atoms with Crippen LogP contribution in [0.3, 0.4) is 0 Å². The van der Waals surface area contributed by atoms with Crippen molar-refractivity contribution < 1.29 is 5.21 Å². The molecule has 0 spiro atoms. The van der Waals surface area contributed by atoms with E-state index in [4.69, 9.17) is 10.9 Å². The van der Waals surface area contributed by atoms with E-state index in [-0.39, 0.29) is 11.9 Å². The molecule has 0 bridgehead atoms. The van der Waals surface area contributed by atoms with Gasteiger partial charge in [0.15, 0.2) is 0 Å². The molecule has 1 rings (SSSR count). The van der Waals surface area contributed by atoms with E-state index in [1.165, 1.54) is 0 Å². The summed E-state index contributed by atoms with van der Waals surface area (Å²) in [6.45, 7) is 4.72. The molecule has 0 aliphatic heterocycles. The van der Waals surface area contributed by atoms with Crippen molar-refractivity contribution in [1.82, 2.24) is 9.97 Å². The Morgan fingerprint density at radius 2 is 2.12 bits per heavy atom. The Morgan fingerprint density at radius 3 is 2.59 bits per heavy atom. The lowest BCUT2D eigenvalue weighted by molar-refractivity contribution is 0.317. The van der Waals surface area contributed by atoms with E-state index in [0.29, 0.717) is 18.9 Å². The maximum absolute atomic E-state index is 8.51. The molecule has 7 heteroatoms. The minimum absolute atomic E-state index is 0.209. The Kier molecular flexibility index (Phi) is 5.39. The number of oxime groups is 1. The average molecular weight is 349 g/mol. The second-order valence-electron chi connectivity index (χ2n) is 3.83. The summed E-state index contributed by atoms with van der Waals surface area (Å²) in [5.41, 5.74) is 5.45. The third-order valence-electron chi connectivity index (χ3n) is 2.22. The lowest BCUT2D eigenvalue weighted by Gasteiger charge is -2.26. The van der Waals surface area contributed by atoms with E-state index in [0.717, 1.165) is 3.57 Å². The van der Waals surface area contributed by atoms with Gasteiger partial charge in [-0.1, -0.05) is 5.16 Å². The molecule has 0 fully saturated rings. The Labute approximate surface area is 114 Å². The van der Waals surface area contributed by atoms with Crippen molar-refractivity contribution in [3.63, 3.8) is 0 Å². The molecule has 0 saturated carbocycles. The van der Waals surface area contributed by atoms with E-state index in [9.17, 15) is 0 Å². The van der Waals surface area contributed by atoms with Gasteiger partial charge in [-0.25, -0.2) is 9.97 Å². The Bertz CT molecular complexity index is 379. The molecule has 3 N–H and O–H groups in total. The van der Waals surface area contributed by atoms with Crippen LogP contribution in [0.4, 0.5) is 5.95 Å². The second-order valence-corrected chi connectivity index (χ2v) is 5.08. The molecule has 0 unspecified atom stereocenters. The van der Waals surface area contributed by atoms with Gasteiger partial charge < -0.3 is 15.8 Å². The van der Waals surface area contributed by atoms with Crippen molar-refractivity contribution >= 4 is 34.4 Å². The first-order valence-electron chi connectivity index (χ1n) is 5.25. The lowest BCUT2D eigenvalue weighted by atomic mass is 10.3. The first-order chi connectivity index (χ1) is 8.04. The quantitative estimate of drug-likeness (QED) is 0.276. The van der Waals surface area contributed by atoms with Gasteiger partial charge in [-0.15, -0.1) is 0 Å². The van der Waals surface area contributed by atoms with Crippen molar-refractivity contribution in [2.24, 2.45) is 10.9 Å². The molecule has 6 nitrogen and oxygen atoms in total. The lowest BCUT2D eigenvalue weighted by Crippen LogP contribution is -2.35. The number of aromatic nitrogens is 2. The van der Waals surface area contributed by atoms with Crippen LogP contribution >= 0.6 is 22.6 Å². The van der Waals surface area contributed by atoms with E-state index < -0.39 is 0 Å². The summed E-state index contributed by atoms with van der Waals surface area (Å²) in [5, 5.41) is 11.5. The highest BCUT2D eigenvalue weighted by atomic mass is 127. The average Bonchev–Trinajstić information content (AvgIpc) is 2.31. The van der Waals surface area contributed by atoms with Gasteiger partial charge >= 0.3 is 0 Å². The highest BCUT2D eigenvalue weighted by molar-refractivity contribution is 14.1. The van der Waals surface area contributed by atoms with Crippen LogP contribution in [0.5, 0.6) is 0 Å². The summed E-state index contributed by atoms with van der Waals surface area (Å²) < 4.78 is 0.992. The molecule has 1 aromatic heterocycles. The maximum Gasteiger partial charge on any atom is 0.225 e. The molecule has 0 radical (unpaired) electrons. The third-order valence-corrected chi connectivity index (χ3v) is 2.78. The van der Waals surface area contributed by atoms with Crippen LogP contribution in [-0.2, 0) is 0 Å². The molecule has 0 atom stereocenters. The molecular weight excluding hydrogens is 333 g/mol. The Hall–Kier alpha value is -1.12. The Morgan fingerprint density at radius 1 is 1.53 bits per heavy atom. The molecule has 1 heterocycles. The number of anilines is 1. The number of hydrogen-bond acceptors (Lipinski definition) is 5. The zero-order valence-corrected chi connectivity index (χ0v) is 12.0. The van der Waals surface area contributed by atoms with Crippen LogP contribution in [0, 0.1) is 3.57 Å². The minimum Gasteiger partial charge on any atom is -0.409 e. The topological polar surface area (TPSA) is 87.6 Å². The molecule has 94 valence electrons. The van der Waals surface area contributed by atoms with Crippen LogP contribution < -0.4 is 10.6 Å². The predicted octanol–water partition coefficient (Wildman–Crippen LogP) is 1.43. The standard InChI is InChI=1S/C10H16IN5O/c1-7(2)16(4-3-9(12)15-17)10-13-5-8(11)6-14-10/h5-7,17H,3-4H2,1-2H3,(H2,12,15). The van der Waals surface area contributed by atoms with Gasteiger partial charge in [0.25, 0.3) is 0 Å². The highest BCUT2D eigenvalue weighted by Gasteiger charge is 2.13. The number of hydrogen-bond donors (Lipinski definition) is 2. The first kappa shape index (κ1) is 13.9. The number of nitrogens with zero attached hydrogens (tertiary/aromatic N) is 4. The van der Waals surface area contributed by atoms with E-state index in [1.807, 2.05) is 18.7 Å². The largest absolute Gasteiger partial charge is 0.409 e. The fourth-order valence-electron chi connectivity index (χ4n) is 1.33. The normalized spacial score (nSPS) is 11.9. The van der Waals surface area contributed by atoms with Gasteiger partial charge in [0.05, 0.1) is 0 Å². The minimum atomic E-state index is 0.209. The summed E-state index contributed by atoms with van der Waals surface area (Å²) in [6.07, 6.45) is 4.01. The summed E-state index contributed by atoms with van der Waals surface area (Å²) in [5.74, 6) is 0.868. The molecular formula is C10H16IN5O. The number of nitrogens with two attached hydrogens (primary N) is 1. The Balaban J connectivity index is 2.75. The summed E-state index contributed by atoms with van der Waals surface area (Å²) in [6, 6.07) is 0.251. The van der Waals surface area contributed by atoms with Gasteiger partial charge in [-0.05, 0) is 36.4 Å². The highest BCUT2D eigenvalue weighted by Crippen LogP contribution is 2.12. The van der Waals surface area contributed by atoms with Crippen molar-refractivity contribution in [2.45, 2.75) is 26.3 Å². The van der Waals surface area contributed by atoms with Crippen LogP contribution in [0.1, 0.15) is 20.3 Å². The predicted molar refractivity (Wildman–Crippen MR) is 75.3 cm³/mol. The number of amidine groups is 1. The molecule has 0 aromatic carbocycles.